The quantitative estimate of drug-likeness (QED) is 0.452. The predicted octanol–water partition coefficient (Wildman–Crippen LogP) is 2.71. The largest absolute Gasteiger partial charge is 0.393 e. The zero-order chi connectivity index (χ0) is 23.1. The maximum atomic E-state index is 13.0. The Morgan fingerprint density at radius 2 is 2.03 bits per heavy atom. The molecule has 1 aliphatic carbocycles. The molecule has 2 aliphatic rings. The fourth-order valence-corrected chi connectivity index (χ4v) is 5.87. The number of nitrogens with zero attached hydrogens (tertiary/aromatic N) is 2. The highest BCUT2D eigenvalue weighted by Crippen LogP contribution is 2.26. The van der Waals surface area contributed by atoms with Gasteiger partial charge in [-0.05, 0) is 50.6 Å². The first-order chi connectivity index (χ1) is 15.9. The summed E-state index contributed by atoms with van der Waals surface area (Å²) in [6, 6.07) is 6.49. The van der Waals surface area contributed by atoms with Crippen LogP contribution >= 0.6 is 22.9 Å². The van der Waals surface area contributed by atoms with E-state index in [0.717, 1.165) is 41.0 Å². The van der Waals surface area contributed by atoms with E-state index in [-0.39, 0.29) is 23.9 Å². The lowest BCUT2D eigenvalue weighted by Gasteiger charge is -2.34. The number of aliphatic hydroxyl groups excluding tert-OH is 1. The van der Waals surface area contributed by atoms with Gasteiger partial charge in [0.1, 0.15) is 5.69 Å². The Balaban J connectivity index is 1.29. The van der Waals surface area contributed by atoms with Gasteiger partial charge in [-0.2, -0.15) is 0 Å². The molecule has 3 atom stereocenters. The Morgan fingerprint density at radius 1 is 1.21 bits per heavy atom. The Labute approximate surface area is 200 Å². The van der Waals surface area contributed by atoms with E-state index < -0.39 is 6.10 Å². The number of aromatic nitrogens is 2. The van der Waals surface area contributed by atoms with E-state index in [1.165, 1.54) is 11.3 Å². The summed E-state index contributed by atoms with van der Waals surface area (Å²) in [5.74, 6) is -0.508. The number of benzene rings is 1. The van der Waals surface area contributed by atoms with Crippen LogP contribution in [-0.2, 0) is 13.0 Å². The van der Waals surface area contributed by atoms with Crippen molar-refractivity contribution in [1.29, 1.82) is 0 Å². The number of nitrogens with one attached hydrogen (secondary N) is 3. The molecule has 0 bridgehead atoms. The van der Waals surface area contributed by atoms with E-state index in [0.29, 0.717) is 35.0 Å². The van der Waals surface area contributed by atoms with Crippen molar-refractivity contribution in [3.63, 3.8) is 0 Å². The van der Waals surface area contributed by atoms with E-state index in [4.69, 9.17) is 11.6 Å². The molecular weight excluding hydrogens is 462 g/mol. The van der Waals surface area contributed by atoms with Crippen molar-refractivity contribution in [3.05, 3.63) is 50.6 Å². The SMILES string of the molecule is CN1CCc2nc(C(=O)NC3CC(O)CCC3NC(=O)c3cc4cc(Cl)ccc4[nH]3)sc2C1. The number of rotatable bonds is 4. The lowest BCUT2D eigenvalue weighted by atomic mass is 9.88. The van der Waals surface area contributed by atoms with Gasteiger partial charge in [-0.25, -0.2) is 4.98 Å². The molecule has 3 unspecified atom stereocenters. The van der Waals surface area contributed by atoms with Crippen molar-refractivity contribution in [2.24, 2.45) is 0 Å². The first-order valence-corrected chi connectivity index (χ1v) is 12.3. The molecule has 1 aliphatic heterocycles. The summed E-state index contributed by atoms with van der Waals surface area (Å²) >= 11 is 7.47. The molecule has 5 rings (SSSR count). The minimum Gasteiger partial charge on any atom is -0.393 e. The van der Waals surface area contributed by atoms with Gasteiger partial charge >= 0.3 is 0 Å². The topological polar surface area (TPSA) is 110 Å². The number of amides is 2. The van der Waals surface area contributed by atoms with Crippen molar-refractivity contribution in [2.45, 2.75) is 50.4 Å². The number of H-pyrrole nitrogens is 1. The van der Waals surface area contributed by atoms with Gasteiger partial charge in [-0.15, -0.1) is 11.3 Å². The fraction of sp³-hybridized carbons (Fsp3) is 0.435. The molecule has 3 aromatic rings. The third kappa shape index (κ3) is 4.77. The molecule has 3 heterocycles. The van der Waals surface area contributed by atoms with Crippen LogP contribution in [0.1, 0.15) is 50.1 Å². The predicted molar refractivity (Wildman–Crippen MR) is 128 cm³/mol. The Kier molecular flexibility index (Phi) is 6.13. The number of hydrogen-bond acceptors (Lipinski definition) is 6. The second-order valence-electron chi connectivity index (χ2n) is 8.92. The van der Waals surface area contributed by atoms with Gasteiger partial charge in [0.05, 0.1) is 17.8 Å². The molecule has 2 aromatic heterocycles. The number of carbonyl (C=O) groups is 2. The zero-order valence-electron chi connectivity index (χ0n) is 18.2. The van der Waals surface area contributed by atoms with Crippen molar-refractivity contribution >= 4 is 45.7 Å². The molecule has 4 N–H and O–H groups in total. The number of hydrogen-bond donors (Lipinski definition) is 4. The highest BCUT2D eigenvalue weighted by Gasteiger charge is 2.33. The van der Waals surface area contributed by atoms with Crippen LogP contribution in [0.15, 0.2) is 24.3 Å². The summed E-state index contributed by atoms with van der Waals surface area (Å²) in [4.78, 5) is 36.9. The fourth-order valence-electron chi connectivity index (χ4n) is 4.60. The number of halogens is 1. The van der Waals surface area contributed by atoms with Crippen LogP contribution in [0.3, 0.4) is 0 Å². The number of carbonyl (C=O) groups excluding carboxylic acids is 2. The number of aliphatic hydroxyl groups is 1. The Bertz CT molecular complexity index is 1210. The highest BCUT2D eigenvalue weighted by molar-refractivity contribution is 7.13. The van der Waals surface area contributed by atoms with Gasteiger partial charge in [0.2, 0.25) is 0 Å². The van der Waals surface area contributed by atoms with E-state index in [2.05, 4.69) is 32.5 Å². The third-order valence-electron chi connectivity index (χ3n) is 6.40. The molecule has 0 saturated heterocycles. The average Bonchev–Trinajstić information content (AvgIpc) is 3.39. The Morgan fingerprint density at radius 3 is 2.88 bits per heavy atom. The lowest BCUT2D eigenvalue weighted by Crippen LogP contribution is -2.55. The molecule has 33 heavy (non-hydrogen) atoms. The zero-order valence-corrected chi connectivity index (χ0v) is 19.8. The normalized spacial score (nSPS) is 23.3. The standard InChI is InChI=1S/C23H26ClN5O3S/c1-29-7-6-17-20(11-29)33-23(28-17)22(32)27-18-10-14(30)3-5-16(18)26-21(31)19-9-12-8-13(24)2-4-15(12)25-19/h2,4,8-9,14,16,18,25,30H,3,5-7,10-11H2,1H3,(H,26,31)(H,27,32). The summed E-state index contributed by atoms with van der Waals surface area (Å²) < 4.78 is 0. The van der Waals surface area contributed by atoms with Crippen LogP contribution in [0, 0.1) is 0 Å². The molecule has 8 nitrogen and oxygen atoms in total. The maximum Gasteiger partial charge on any atom is 0.280 e. The summed E-state index contributed by atoms with van der Waals surface area (Å²) in [5.41, 5.74) is 2.25. The minimum absolute atomic E-state index is 0.254. The summed E-state index contributed by atoms with van der Waals surface area (Å²) in [7, 11) is 2.06. The average molecular weight is 488 g/mol. The van der Waals surface area contributed by atoms with E-state index >= 15 is 0 Å². The number of aromatic amines is 1. The summed E-state index contributed by atoms with van der Waals surface area (Å²) in [6.45, 7) is 1.73. The lowest BCUT2D eigenvalue weighted by molar-refractivity contribution is 0.0711. The van der Waals surface area contributed by atoms with Crippen molar-refractivity contribution in [3.8, 4) is 0 Å². The summed E-state index contributed by atoms with van der Waals surface area (Å²) in [6.07, 6.45) is 1.84. The maximum absolute atomic E-state index is 13.0. The molecule has 1 fully saturated rings. The third-order valence-corrected chi connectivity index (χ3v) is 7.72. The molecule has 2 amide bonds. The van der Waals surface area contributed by atoms with Gasteiger partial charge in [0.25, 0.3) is 11.8 Å². The molecule has 0 radical (unpaired) electrons. The summed E-state index contributed by atoms with van der Waals surface area (Å²) in [5, 5.41) is 18.2. The van der Waals surface area contributed by atoms with Crippen molar-refractivity contribution in [1.82, 2.24) is 25.5 Å². The second-order valence-corrected chi connectivity index (χ2v) is 10.4. The van der Waals surface area contributed by atoms with Gasteiger partial charge in [0.15, 0.2) is 5.01 Å². The first-order valence-electron chi connectivity index (χ1n) is 11.1. The van der Waals surface area contributed by atoms with Gasteiger partial charge in [-0.1, -0.05) is 11.6 Å². The monoisotopic (exact) mass is 487 g/mol. The van der Waals surface area contributed by atoms with Gasteiger partial charge < -0.3 is 25.6 Å². The van der Waals surface area contributed by atoms with Crippen LogP contribution in [0.4, 0.5) is 0 Å². The smallest absolute Gasteiger partial charge is 0.280 e. The molecule has 1 saturated carbocycles. The van der Waals surface area contributed by atoms with Crippen molar-refractivity contribution < 1.29 is 14.7 Å². The van der Waals surface area contributed by atoms with E-state index in [1.807, 2.05) is 6.07 Å². The number of fused-ring (bicyclic) bond motifs is 2. The molecular formula is C23H26ClN5O3S. The van der Waals surface area contributed by atoms with Gasteiger partial charge in [0, 0.05) is 46.4 Å². The van der Waals surface area contributed by atoms with E-state index in [1.54, 1.807) is 18.2 Å². The van der Waals surface area contributed by atoms with Gasteiger partial charge in [-0.3, -0.25) is 9.59 Å². The highest BCUT2D eigenvalue weighted by atomic mass is 35.5. The van der Waals surface area contributed by atoms with E-state index in [9.17, 15) is 14.7 Å². The van der Waals surface area contributed by atoms with Crippen molar-refractivity contribution in [2.75, 3.05) is 13.6 Å². The molecule has 10 heteroatoms. The number of thiazole rings is 1. The van der Waals surface area contributed by atoms with Crippen LogP contribution in [-0.4, -0.2) is 63.6 Å². The number of likely N-dealkylation sites (N-methyl/N-ethyl adjacent to an activating group) is 1. The van der Waals surface area contributed by atoms with Crippen LogP contribution in [0.25, 0.3) is 10.9 Å². The minimum atomic E-state index is -0.517. The second kappa shape index (κ2) is 9.06. The molecule has 1 aromatic carbocycles. The first kappa shape index (κ1) is 22.3. The molecule has 174 valence electrons. The van der Waals surface area contributed by atoms with Crippen LogP contribution in [0.5, 0.6) is 0 Å². The van der Waals surface area contributed by atoms with Crippen LogP contribution in [0.2, 0.25) is 5.02 Å². The molecule has 0 spiro atoms. The Hall–Kier alpha value is -2.46. The van der Waals surface area contributed by atoms with Crippen LogP contribution < -0.4 is 10.6 Å².